The van der Waals surface area contributed by atoms with E-state index < -0.39 is 18.0 Å². The molecule has 0 radical (unpaired) electrons. The van der Waals surface area contributed by atoms with Gasteiger partial charge in [-0.1, -0.05) is 23.8 Å². The van der Waals surface area contributed by atoms with E-state index in [1.165, 1.54) is 31.6 Å². The molecule has 6 heteroatoms. The van der Waals surface area contributed by atoms with E-state index in [0.29, 0.717) is 12.1 Å². The standard InChI is InChI=1S/C22H27NO5/c1-16(21(25)23-15-14-17-6-4-3-5-7-17)28-20(24)13-10-18-8-11-19(12-9-18)22(26)27-2/h6,8-13,16H,3-5,7,14-15H2,1-2H3,(H,23,25). The van der Waals surface area contributed by atoms with Gasteiger partial charge in [-0.25, -0.2) is 9.59 Å². The van der Waals surface area contributed by atoms with Crippen molar-refractivity contribution in [2.45, 2.75) is 45.1 Å². The van der Waals surface area contributed by atoms with Crippen molar-refractivity contribution in [1.82, 2.24) is 5.32 Å². The SMILES string of the molecule is COC(=O)c1ccc(C=CC(=O)OC(C)C(=O)NCCC2=CCCCC2)cc1. The highest BCUT2D eigenvalue weighted by atomic mass is 16.5. The minimum absolute atomic E-state index is 0.305. The van der Waals surface area contributed by atoms with Crippen LogP contribution in [0.25, 0.3) is 6.08 Å². The molecule has 150 valence electrons. The molecule has 6 nitrogen and oxygen atoms in total. The molecule has 0 fully saturated rings. The summed E-state index contributed by atoms with van der Waals surface area (Å²) in [5.74, 6) is -1.33. The van der Waals surface area contributed by atoms with Crippen LogP contribution in [0.2, 0.25) is 0 Å². The van der Waals surface area contributed by atoms with Gasteiger partial charge in [-0.05, 0) is 62.8 Å². The number of allylic oxidation sites excluding steroid dienone is 1. The van der Waals surface area contributed by atoms with E-state index in [1.807, 2.05) is 0 Å². The zero-order chi connectivity index (χ0) is 20.4. The van der Waals surface area contributed by atoms with Crippen LogP contribution in [0.15, 0.2) is 42.0 Å². The minimum atomic E-state index is -0.862. The third-order valence-electron chi connectivity index (χ3n) is 4.54. The van der Waals surface area contributed by atoms with Gasteiger partial charge < -0.3 is 14.8 Å². The summed E-state index contributed by atoms with van der Waals surface area (Å²) in [7, 11) is 1.32. The van der Waals surface area contributed by atoms with Crippen LogP contribution in [0, 0.1) is 0 Å². The van der Waals surface area contributed by atoms with E-state index in [0.717, 1.165) is 24.8 Å². The fraction of sp³-hybridized carbons (Fsp3) is 0.409. The Hall–Kier alpha value is -2.89. The first-order valence-electron chi connectivity index (χ1n) is 9.52. The van der Waals surface area contributed by atoms with Gasteiger partial charge in [0.2, 0.25) is 0 Å². The molecule has 1 N–H and O–H groups in total. The zero-order valence-electron chi connectivity index (χ0n) is 16.4. The molecule has 1 aliphatic rings. The third-order valence-corrected chi connectivity index (χ3v) is 4.54. The number of ether oxygens (including phenoxy) is 2. The maximum atomic E-state index is 12.0. The number of carbonyl (C=O) groups excluding carboxylic acids is 3. The molecule has 0 heterocycles. The van der Waals surface area contributed by atoms with E-state index in [2.05, 4.69) is 16.1 Å². The number of nitrogens with one attached hydrogen (secondary N) is 1. The second-order valence-electron chi connectivity index (χ2n) is 6.68. The van der Waals surface area contributed by atoms with Gasteiger partial charge in [0.25, 0.3) is 5.91 Å². The molecule has 1 aromatic rings. The summed E-state index contributed by atoms with van der Waals surface area (Å²) in [6, 6.07) is 6.58. The number of benzene rings is 1. The fourth-order valence-corrected chi connectivity index (χ4v) is 2.90. The van der Waals surface area contributed by atoms with Crippen molar-refractivity contribution in [3.8, 4) is 0 Å². The molecule has 1 amide bonds. The monoisotopic (exact) mass is 385 g/mol. The Morgan fingerprint density at radius 1 is 1.18 bits per heavy atom. The van der Waals surface area contributed by atoms with Gasteiger partial charge in [-0.3, -0.25) is 4.79 Å². The number of methoxy groups -OCH3 is 1. The highest BCUT2D eigenvalue weighted by Gasteiger charge is 2.16. The van der Waals surface area contributed by atoms with Crippen LogP contribution in [0.1, 0.15) is 54.9 Å². The van der Waals surface area contributed by atoms with E-state index in [9.17, 15) is 14.4 Å². The van der Waals surface area contributed by atoms with Crippen molar-refractivity contribution in [3.63, 3.8) is 0 Å². The number of carbonyl (C=O) groups is 3. The lowest BCUT2D eigenvalue weighted by molar-refractivity contribution is -0.150. The van der Waals surface area contributed by atoms with E-state index in [-0.39, 0.29) is 5.91 Å². The molecule has 0 aromatic heterocycles. The van der Waals surface area contributed by atoms with Gasteiger partial charge in [-0.15, -0.1) is 0 Å². The largest absolute Gasteiger partial charge is 0.465 e. The van der Waals surface area contributed by atoms with Crippen molar-refractivity contribution in [2.75, 3.05) is 13.7 Å². The van der Waals surface area contributed by atoms with E-state index >= 15 is 0 Å². The Morgan fingerprint density at radius 2 is 1.93 bits per heavy atom. The molecule has 28 heavy (non-hydrogen) atoms. The van der Waals surface area contributed by atoms with Crippen LogP contribution < -0.4 is 5.32 Å². The molecule has 0 spiro atoms. The lowest BCUT2D eigenvalue weighted by atomic mass is 9.97. The number of rotatable bonds is 8. The van der Waals surface area contributed by atoms with Crippen molar-refractivity contribution in [1.29, 1.82) is 0 Å². The summed E-state index contributed by atoms with van der Waals surface area (Å²) < 4.78 is 9.76. The Labute approximate surface area is 165 Å². The van der Waals surface area contributed by atoms with Gasteiger partial charge in [0.05, 0.1) is 12.7 Å². The highest BCUT2D eigenvalue weighted by Crippen LogP contribution is 2.19. The molecule has 2 rings (SSSR count). The maximum Gasteiger partial charge on any atom is 0.337 e. The fourth-order valence-electron chi connectivity index (χ4n) is 2.90. The molecule has 0 saturated carbocycles. The minimum Gasteiger partial charge on any atom is -0.465 e. The molecular weight excluding hydrogens is 358 g/mol. The van der Waals surface area contributed by atoms with Crippen LogP contribution in [0.5, 0.6) is 0 Å². The average molecular weight is 385 g/mol. The van der Waals surface area contributed by atoms with Crippen LogP contribution >= 0.6 is 0 Å². The van der Waals surface area contributed by atoms with Crippen LogP contribution in [0.4, 0.5) is 0 Å². The quantitative estimate of drug-likeness (QED) is 0.421. The lowest BCUT2D eigenvalue weighted by Crippen LogP contribution is -2.36. The number of hydrogen-bond acceptors (Lipinski definition) is 5. The number of amides is 1. The van der Waals surface area contributed by atoms with Crippen molar-refractivity contribution in [2.24, 2.45) is 0 Å². The summed E-state index contributed by atoms with van der Waals surface area (Å²) in [4.78, 5) is 35.3. The van der Waals surface area contributed by atoms with Crippen LogP contribution in [0.3, 0.4) is 0 Å². The Morgan fingerprint density at radius 3 is 2.57 bits per heavy atom. The molecule has 1 aromatic carbocycles. The predicted octanol–water partition coefficient (Wildman–Crippen LogP) is 3.42. The normalized spacial score (nSPS) is 14.9. The summed E-state index contributed by atoms with van der Waals surface area (Å²) in [5, 5.41) is 2.81. The van der Waals surface area contributed by atoms with Gasteiger partial charge >= 0.3 is 11.9 Å². The first-order valence-corrected chi connectivity index (χ1v) is 9.52. The molecule has 1 atom stereocenters. The lowest BCUT2D eigenvalue weighted by Gasteiger charge is -2.15. The average Bonchev–Trinajstić information content (AvgIpc) is 2.72. The molecule has 0 saturated heterocycles. The van der Waals surface area contributed by atoms with Crippen molar-refractivity contribution in [3.05, 3.63) is 53.1 Å². The molecular formula is C22H27NO5. The molecule has 1 unspecified atom stereocenters. The van der Waals surface area contributed by atoms with Crippen molar-refractivity contribution >= 4 is 23.9 Å². The first-order chi connectivity index (χ1) is 13.5. The van der Waals surface area contributed by atoms with Gasteiger partial charge in [0.15, 0.2) is 6.10 Å². The predicted molar refractivity (Wildman–Crippen MR) is 107 cm³/mol. The Kier molecular flexibility index (Phi) is 8.46. The van der Waals surface area contributed by atoms with Crippen molar-refractivity contribution < 1.29 is 23.9 Å². The van der Waals surface area contributed by atoms with Gasteiger partial charge in [0, 0.05) is 12.6 Å². The summed E-state index contributed by atoms with van der Waals surface area (Å²) >= 11 is 0. The molecule has 0 aliphatic heterocycles. The Balaban J connectivity index is 1.74. The smallest absolute Gasteiger partial charge is 0.337 e. The Bertz CT molecular complexity index is 749. The zero-order valence-corrected chi connectivity index (χ0v) is 16.4. The first kappa shape index (κ1) is 21.4. The van der Waals surface area contributed by atoms with E-state index in [1.54, 1.807) is 37.3 Å². The summed E-state index contributed by atoms with van der Waals surface area (Å²) in [6.07, 6.45) is 9.72. The summed E-state index contributed by atoms with van der Waals surface area (Å²) in [5.41, 5.74) is 2.54. The third kappa shape index (κ3) is 7.02. The number of hydrogen-bond donors (Lipinski definition) is 1. The summed E-state index contributed by atoms with van der Waals surface area (Å²) in [6.45, 7) is 2.10. The van der Waals surface area contributed by atoms with Gasteiger partial charge in [0.1, 0.15) is 0 Å². The number of esters is 2. The molecule has 0 bridgehead atoms. The maximum absolute atomic E-state index is 12.0. The topological polar surface area (TPSA) is 81.7 Å². The van der Waals surface area contributed by atoms with Gasteiger partial charge in [-0.2, -0.15) is 0 Å². The second-order valence-corrected chi connectivity index (χ2v) is 6.68. The highest BCUT2D eigenvalue weighted by molar-refractivity contribution is 5.91. The second kappa shape index (κ2) is 11.1. The van der Waals surface area contributed by atoms with E-state index in [4.69, 9.17) is 4.74 Å². The van der Waals surface area contributed by atoms with Crippen LogP contribution in [-0.4, -0.2) is 37.6 Å². The molecule has 1 aliphatic carbocycles. The van der Waals surface area contributed by atoms with Crippen LogP contribution in [-0.2, 0) is 19.1 Å².